The summed E-state index contributed by atoms with van der Waals surface area (Å²) in [5.41, 5.74) is 0.422. The van der Waals surface area contributed by atoms with Crippen LogP contribution in [0.25, 0.3) is 0 Å². The quantitative estimate of drug-likeness (QED) is 0.829. The number of hydrogen-bond acceptors (Lipinski definition) is 4. The molecule has 0 bridgehead atoms. The van der Waals surface area contributed by atoms with Crippen molar-refractivity contribution in [1.82, 2.24) is 0 Å². The molecular weight excluding hydrogens is 348 g/mol. The summed E-state index contributed by atoms with van der Waals surface area (Å²) in [6, 6.07) is 13.7. The number of carbonyl (C=O) groups excluding carboxylic acids is 1. The Kier molecular flexibility index (Phi) is 5.26. The van der Waals surface area contributed by atoms with Crippen molar-refractivity contribution in [3.8, 4) is 0 Å². The van der Waals surface area contributed by atoms with Crippen LogP contribution in [0.1, 0.15) is 33.3 Å². The third-order valence-corrected chi connectivity index (χ3v) is 4.97. The number of rotatable bonds is 4. The number of halogens is 1. The van der Waals surface area contributed by atoms with Crippen LogP contribution < -0.4 is 10.8 Å². The highest BCUT2D eigenvalue weighted by Crippen LogP contribution is 2.36. The first kappa shape index (κ1) is 19.4. The van der Waals surface area contributed by atoms with E-state index in [0.29, 0.717) is 5.46 Å². The molecule has 142 valence electrons. The Labute approximate surface area is 159 Å². The number of hydrogen-bond donors (Lipinski definition) is 1. The van der Waals surface area contributed by atoms with Crippen LogP contribution in [-0.2, 0) is 20.7 Å². The summed E-state index contributed by atoms with van der Waals surface area (Å²) < 4.78 is 31.4. The highest BCUT2D eigenvalue weighted by atomic mass is 19.1. The standard InChI is InChI=1S/C20H23BFNO4/c1-19(2)20(3,4)27-21(26-19)15-10-11-17(16(22)12-15)23-18(24)25-13-14-8-6-5-7-9-14/h5-12H,13H2,1-4H3,(H,23,24). The number of amides is 1. The molecule has 1 saturated heterocycles. The minimum absolute atomic E-state index is 0.0355. The Morgan fingerprint density at radius 1 is 1.07 bits per heavy atom. The van der Waals surface area contributed by atoms with Crippen LogP contribution >= 0.6 is 0 Å². The summed E-state index contributed by atoms with van der Waals surface area (Å²) in [6.07, 6.45) is -0.721. The zero-order valence-corrected chi connectivity index (χ0v) is 15.9. The molecular formula is C20H23BFNO4. The summed E-state index contributed by atoms with van der Waals surface area (Å²) in [4.78, 5) is 11.9. The minimum atomic E-state index is -0.721. The van der Waals surface area contributed by atoms with Gasteiger partial charge in [-0.15, -0.1) is 0 Å². The number of nitrogens with one attached hydrogen (secondary N) is 1. The van der Waals surface area contributed by atoms with Gasteiger partial charge in [-0.1, -0.05) is 36.4 Å². The Balaban J connectivity index is 1.62. The van der Waals surface area contributed by atoms with Gasteiger partial charge in [-0.3, -0.25) is 5.32 Å². The van der Waals surface area contributed by atoms with E-state index < -0.39 is 30.2 Å². The largest absolute Gasteiger partial charge is 0.494 e. The molecule has 1 fully saturated rings. The first-order valence-electron chi connectivity index (χ1n) is 8.81. The van der Waals surface area contributed by atoms with Crippen molar-refractivity contribution in [1.29, 1.82) is 0 Å². The second-order valence-electron chi connectivity index (χ2n) is 7.51. The topological polar surface area (TPSA) is 56.8 Å². The third kappa shape index (κ3) is 4.31. The molecule has 27 heavy (non-hydrogen) atoms. The molecule has 1 aliphatic rings. The predicted molar refractivity (Wildman–Crippen MR) is 102 cm³/mol. The second kappa shape index (κ2) is 7.33. The Hall–Kier alpha value is -2.38. The molecule has 1 amide bonds. The summed E-state index contributed by atoms with van der Waals surface area (Å²) in [7, 11) is -0.663. The lowest BCUT2D eigenvalue weighted by Crippen LogP contribution is -2.41. The minimum Gasteiger partial charge on any atom is -0.444 e. The Morgan fingerprint density at radius 2 is 1.70 bits per heavy atom. The molecule has 1 N–H and O–H groups in total. The van der Waals surface area contributed by atoms with Gasteiger partial charge in [0.15, 0.2) is 0 Å². The molecule has 7 heteroatoms. The monoisotopic (exact) mass is 371 g/mol. The number of carbonyl (C=O) groups is 1. The maximum atomic E-state index is 14.4. The zero-order valence-electron chi connectivity index (χ0n) is 15.9. The Morgan fingerprint density at radius 3 is 2.30 bits per heavy atom. The van der Waals surface area contributed by atoms with Crippen LogP contribution in [0.2, 0.25) is 0 Å². The molecule has 0 atom stereocenters. The van der Waals surface area contributed by atoms with Crippen LogP contribution in [0.4, 0.5) is 14.9 Å². The third-order valence-electron chi connectivity index (χ3n) is 4.97. The van der Waals surface area contributed by atoms with Gasteiger partial charge in [-0.2, -0.15) is 0 Å². The molecule has 5 nitrogen and oxygen atoms in total. The van der Waals surface area contributed by atoms with E-state index in [4.69, 9.17) is 14.0 Å². The highest BCUT2D eigenvalue weighted by molar-refractivity contribution is 6.62. The normalized spacial score (nSPS) is 17.6. The van der Waals surface area contributed by atoms with Crippen molar-refractivity contribution >= 4 is 24.4 Å². The Bertz CT molecular complexity index is 810. The number of benzene rings is 2. The van der Waals surface area contributed by atoms with Gasteiger partial charge in [0.1, 0.15) is 12.4 Å². The molecule has 0 aromatic heterocycles. The number of anilines is 1. The lowest BCUT2D eigenvalue weighted by molar-refractivity contribution is 0.00578. The summed E-state index contributed by atoms with van der Waals surface area (Å²) in [6.45, 7) is 7.84. The van der Waals surface area contributed by atoms with Crippen molar-refractivity contribution in [3.63, 3.8) is 0 Å². The van der Waals surface area contributed by atoms with E-state index in [0.717, 1.165) is 5.56 Å². The summed E-state index contributed by atoms with van der Waals surface area (Å²) >= 11 is 0. The van der Waals surface area contributed by atoms with E-state index >= 15 is 0 Å². The lowest BCUT2D eigenvalue weighted by Gasteiger charge is -2.32. The maximum Gasteiger partial charge on any atom is 0.494 e. The van der Waals surface area contributed by atoms with E-state index in [1.807, 2.05) is 58.0 Å². The molecule has 2 aromatic rings. The van der Waals surface area contributed by atoms with Crippen molar-refractivity contribution in [2.24, 2.45) is 0 Å². The van der Waals surface area contributed by atoms with Crippen molar-refractivity contribution in [2.75, 3.05) is 5.32 Å². The van der Waals surface area contributed by atoms with Crippen LogP contribution in [0.5, 0.6) is 0 Å². The fourth-order valence-electron chi connectivity index (χ4n) is 2.63. The number of ether oxygens (including phenoxy) is 1. The van der Waals surface area contributed by atoms with Crippen molar-refractivity contribution in [3.05, 3.63) is 59.9 Å². The molecule has 0 radical (unpaired) electrons. The van der Waals surface area contributed by atoms with Crippen molar-refractivity contribution < 1.29 is 23.2 Å². The molecule has 3 rings (SSSR count). The van der Waals surface area contributed by atoms with E-state index in [9.17, 15) is 9.18 Å². The highest BCUT2D eigenvalue weighted by Gasteiger charge is 2.51. The molecule has 2 aromatic carbocycles. The molecule has 0 spiro atoms. The van der Waals surface area contributed by atoms with Gasteiger partial charge in [-0.25, -0.2) is 9.18 Å². The zero-order chi connectivity index (χ0) is 19.7. The maximum absolute atomic E-state index is 14.4. The predicted octanol–water partition coefficient (Wildman–Crippen LogP) is 3.87. The molecule has 1 heterocycles. The average molecular weight is 371 g/mol. The lowest BCUT2D eigenvalue weighted by atomic mass is 9.79. The smallest absolute Gasteiger partial charge is 0.444 e. The molecule has 1 aliphatic heterocycles. The van der Waals surface area contributed by atoms with E-state index in [1.165, 1.54) is 12.1 Å². The summed E-state index contributed by atoms with van der Waals surface area (Å²) in [5.74, 6) is -0.584. The van der Waals surface area contributed by atoms with Crippen LogP contribution in [0.3, 0.4) is 0 Å². The van der Waals surface area contributed by atoms with Gasteiger partial charge < -0.3 is 14.0 Å². The average Bonchev–Trinajstić information content (AvgIpc) is 2.83. The second-order valence-corrected chi connectivity index (χ2v) is 7.51. The molecule has 0 saturated carbocycles. The van der Waals surface area contributed by atoms with Gasteiger partial charge in [0.2, 0.25) is 0 Å². The van der Waals surface area contributed by atoms with E-state index in [2.05, 4.69) is 5.32 Å². The molecule has 0 unspecified atom stereocenters. The van der Waals surface area contributed by atoms with Crippen molar-refractivity contribution in [2.45, 2.75) is 45.5 Å². The first-order chi connectivity index (χ1) is 12.7. The van der Waals surface area contributed by atoms with Crippen LogP contribution in [-0.4, -0.2) is 24.4 Å². The van der Waals surface area contributed by atoms with Gasteiger partial charge in [-0.05, 0) is 50.9 Å². The van der Waals surface area contributed by atoms with Gasteiger partial charge in [0, 0.05) is 0 Å². The van der Waals surface area contributed by atoms with Crippen LogP contribution in [0, 0.1) is 5.82 Å². The SMILES string of the molecule is CC1(C)OB(c2ccc(NC(=O)OCc3ccccc3)c(F)c2)OC1(C)C. The van der Waals surface area contributed by atoms with E-state index in [-0.39, 0.29) is 12.3 Å². The van der Waals surface area contributed by atoms with Gasteiger partial charge >= 0.3 is 13.2 Å². The first-order valence-corrected chi connectivity index (χ1v) is 8.81. The van der Waals surface area contributed by atoms with E-state index in [1.54, 1.807) is 6.07 Å². The fraction of sp³-hybridized carbons (Fsp3) is 0.350. The molecule has 0 aliphatic carbocycles. The van der Waals surface area contributed by atoms with Gasteiger partial charge in [0.05, 0.1) is 16.9 Å². The van der Waals surface area contributed by atoms with Gasteiger partial charge in [0.25, 0.3) is 0 Å². The van der Waals surface area contributed by atoms with Crippen LogP contribution in [0.15, 0.2) is 48.5 Å². The fourth-order valence-corrected chi connectivity index (χ4v) is 2.63. The summed E-state index contributed by atoms with van der Waals surface area (Å²) in [5, 5.41) is 2.41.